The Hall–Kier alpha value is -3.21. The number of aliphatic hydroxyl groups excluding tert-OH is 1. The molecular formula is C31H39N7O2S. The van der Waals surface area contributed by atoms with Gasteiger partial charge in [-0.25, -0.2) is 9.97 Å². The van der Waals surface area contributed by atoms with Crippen LogP contribution in [0.15, 0.2) is 25.0 Å². The number of hydrogen-bond acceptors (Lipinski definition) is 9. The molecule has 4 N–H and O–H groups in total. The van der Waals surface area contributed by atoms with E-state index in [1.807, 2.05) is 4.90 Å². The molecule has 216 valence electrons. The van der Waals surface area contributed by atoms with E-state index in [2.05, 4.69) is 59.8 Å². The summed E-state index contributed by atoms with van der Waals surface area (Å²) in [5, 5.41) is 14.8. The second kappa shape index (κ2) is 9.68. The molecular weight excluding hydrogens is 534 g/mol. The quantitative estimate of drug-likeness (QED) is 0.300. The lowest BCUT2D eigenvalue weighted by Crippen LogP contribution is -2.42. The SMILES string of the molecule is C=Cc1cc(Nc2ncnc3sc4c(c23)CCC(C(=O)N2C(C)C23CC3O)C4)c(N2CCC(N(C)C)CC2)cc1N. The summed E-state index contributed by atoms with van der Waals surface area (Å²) >= 11 is 1.68. The molecule has 0 radical (unpaired) electrons. The molecule has 4 unspecified atom stereocenters. The minimum absolute atomic E-state index is 0.0431. The van der Waals surface area contributed by atoms with Gasteiger partial charge in [0.15, 0.2) is 0 Å². The zero-order chi connectivity index (χ0) is 28.6. The topological polar surface area (TPSA) is 111 Å². The van der Waals surface area contributed by atoms with E-state index in [-0.39, 0.29) is 29.5 Å². The van der Waals surface area contributed by atoms with Gasteiger partial charge >= 0.3 is 0 Å². The molecule has 4 heterocycles. The van der Waals surface area contributed by atoms with Crippen molar-refractivity contribution in [3.8, 4) is 0 Å². The van der Waals surface area contributed by atoms with Crippen molar-refractivity contribution in [2.45, 2.75) is 69.2 Å². The highest BCUT2D eigenvalue weighted by atomic mass is 32.1. The minimum atomic E-state index is -0.354. The predicted molar refractivity (Wildman–Crippen MR) is 166 cm³/mol. The number of nitrogens with one attached hydrogen (secondary N) is 1. The summed E-state index contributed by atoms with van der Waals surface area (Å²) in [6.07, 6.45) is 8.32. The number of benzene rings is 1. The third kappa shape index (κ3) is 4.21. The number of amides is 1. The van der Waals surface area contributed by atoms with Gasteiger partial charge in [-0.1, -0.05) is 12.7 Å². The first-order valence-electron chi connectivity index (χ1n) is 14.7. The third-order valence-corrected chi connectivity index (χ3v) is 11.2. The van der Waals surface area contributed by atoms with Crippen LogP contribution in [0.3, 0.4) is 0 Å². The van der Waals surface area contributed by atoms with E-state index in [4.69, 9.17) is 10.7 Å². The molecule has 7 rings (SSSR count). The summed E-state index contributed by atoms with van der Waals surface area (Å²) in [6, 6.07) is 4.87. The van der Waals surface area contributed by atoms with Gasteiger partial charge < -0.3 is 30.9 Å². The first kappa shape index (κ1) is 26.7. The Balaban J connectivity index is 1.18. The molecule has 2 aliphatic carbocycles. The molecule has 1 spiro atoms. The monoisotopic (exact) mass is 573 g/mol. The van der Waals surface area contributed by atoms with Gasteiger partial charge in [-0.05, 0) is 76.4 Å². The van der Waals surface area contributed by atoms with E-state index in [1.165, 1.54) is 10.4 Å². The summed E-state index contributed by atoms with van der Waals surface area (Å²) in [6.45, 7) is 7.95. The van der Waals surface area contributed by atoms with E-state index in [1.54, 1.807) is 23.7 Å². The van der Waals surface area contributed by atoms with Crippen molar-refractivity contribution in [2.75, 3.05) is 43.1 Å². The number of carbonyl (C=O) groups excluding carboxylic acids is 1. The van der Waals surface area contributed by atoms with E-state index in [0.29, 0.717) is 11.7 Å². The molecule has 4 aliphatic rings. The number of piperidine rings is 1. The molecule has 10 heteroatoms. The van der Waals surface area contributed by atoms with E-state index in [0.717, 1.165) is 84.6 Å². The zero-order valence-corrected chi connectivity index (χ0v) is 24.9. The molecule has 41 heavy (non-hydrogen) atoms. The zero-order valence-electron chi connectivity index (χ0n) is 24.1. The third-order valence-electron chi connectivity index (χ3n) is 10.1. The second-order valence-corrected chi connectivity index (χ2v) is 13.5. The predicted octanol–water partition coefficient (Wildman–Crippen LogP) is 4.03. The van der Waals surface area contributed by atoms with Crippen molar-refractivity contribution in [1.82, 2.24) is 19.8 Å². The van der Waals surface area contributed by atoms with Crippen LogP contribution in [0.25, 0.3) is 16.3 Å². The molecule has 2 aliphatic heterocycles. The number of hydrogen-bond donors (Lipinski definition) is 3. The van der Waals surface area contributed by atoms with Crippen molar-refractivity contribution >= 4 is 56.4 Å². The maximum Gasteiger partial charge on any atom is 0.227 e. The molecule has 1 aromatic carbocycles. The first-order chi connectivity index (χ1) is 19.7. The average Bonchev–Trinajstić information content (AvgIpc) is 3.74. The molecule has 2 saturated heterocycles. The number of nitrogens with two attached hydrogens (primary N) is 1. The largest absolute Gasteiger partial charge is 0.398 e. The van der Waals surface area contributed by atoms with Crippen LogP contribution in [-0.2, 0) is 17.6 Å². The maximum atomic E-state index is 13.4. The summed E-state index contributed by atoms with van der Waals surface area (Å²) in [4.78, 5) is 31.6. The van der Waals surface area contributed by atoms with Gasteiger partial charge in [0.2, 0.25) is 5.91 Å². The number of anilines is 4. The number of nitrogen functional groups attached to an aromatic ring is 1. The Bertz CT molecular complexity index is 1540. The van der Waals surface area contributed by atoms with Gasteiger partial charge in [0.1, 0.15) is 17.0 Å². The number of carbonyl (C=O) groups is 1. The standard InChI is InChI=1S/C31H39N7O2S/c1-5-18-12-23(24(14-22(18)32)37-10-8-20(9-11-37)36(3)4)35-28-27-21-7-6-19(13-25(21)41-29(27)34-16-33-28)30(40)38-17(2)31(38)15-26(31)39/h5,12,14,16-17,19-20,26,39H,1,6-11,13,15,32H2,2-4H3,(H,33,34,35). The number of fused-ring (bicyclic) bond motifs is 3. The van der Waals surface area contributed by atoms with Crippen LogP contribution in [0.4, 0.5) is 22.9 Å². The summed E-state index contributed by atoms with van der Waals surface area (Å²) in [5.41, 5.74) is 11.1. The second-order valence-electron chi connectivity index (χ2n) is 12.5. The van der Waals surface area contributed by atoms with Crippen molar-refractivity contribution in [1.29, 1.82) is 0 Å². The number of nitrogens with zero attached hydrogens (tertiary/aromatic N) is 5. The van der Waals surface area contributed by atoms with Gasteiger partial charge in [-0.2, -0.15) is 0 Å². The number of aromatic nitrogens is 2. The summed E-state index contributed by atoms with van der Waals surface area (Å²) in [7, 11) is 4.31. The number of aryl methyl sites for hydroxylation is 1. The van der Waals surface area contributed by atoms with E-state index < -0.39 is 0 Å². The Morgan fingerprint density at radius 2 is 2.02 bits per heavy atom. The Kier molecular flexibility index (Phi) is 6.29. The molecule has 4 atom stereocenters. The van der Waals surface area contributed by atoms with E-state index >= 15 is 0 Å². The lowest BCUT2D eigenvalue weighted by atomic mass is 9.87. The molecule has 2 aromatic heterocycles. The highest BCUT2D eigenvalue weighted by molar-refractivity contribution is 7.19. The Labute approximate surface area is 245 Å². The van der Waals surface area contributed by atoms with Crippen LogP contribution in [0.1, 0.15) is 48.6 Å². The lowest BCUT2D eigenvalue weighted by Gasteiger charge is -2.37. The van der Waals surface area contributed by atoms with Crippen LogP contribution in [0, 0.1) is 5.92 Å². The van der Waals surface area contributed by atoms with Crippen LogP contribution in [-0.4, -0.2) is 81.7 Å². The van der Waals surface area contributed by atoms with Gasteiger partial charge in [-0.15, -0.1) is 11.3 Å². The fourth-order valence-corrected chi connectivity index (χ4v) is 8.64. The minimum Gasteiger partial charge on any atom is -0.398 e. The van der Waals surface area contributed by atoms with Crippen LogP contribution in [0.2, 0.25) is 0 Å². The number of rotatable bonds is 6. The fourth-order valence-electron chi connectivity index (χ4n) is 7.38. The highest BCUT2D eigenvalue weighted by Crippen LogP contribution is 2.60. The lowest BCUT2D eigenvalue weighted by molar-refractivity contribution is -0.131. The number of aliphatic hydroxyl groups is 1. The van der Waals surface area contributed by atoms with Crippen LogP contribution in [0.5, 0.6) is 0 Å². The Morgan fingerprint density at radius 3 is 2.68 bits per heavy atom. The Morgan fingerprint density at radius 1 is 1.27 bits per heavy atom. The molecule has 1 amide bonds. The molecule has 3 aromatic rings. The number of thiophene rings is 1. The first-order valence-corrected chi connectivity index (χ1v) is 15.6. The normalized spacial score (nSPS) is 27.4. The highest BCUT2D eigenvalue weighted by Gasteiger charge is 2.77. The van der Waals surface area contributed by atoms with E-state index in [9.17, 15) is 9.90 Å². The van der Waals surface area contributed by atoms with Crippen molar-refractivity contribution in [3.63, 3.8) is 0 Å². The maximum absolute atomic E-state index is 13.4. The molecule has 3 fully saturated rings. The van der Waals surface area contributed by atoms with Gasteiger partial charge in [0.25, 0.3) is 0 Å². The molecule has 9 nitrogen and oxygen atoms in total. The average molecular weight is 574 g/mol. The van der Waals surface area contributed by atoms with Gasteiger partial charge in [0.05, 0.1) is 34.4 Å². The van der Waals surface area contributed by atoms with Crippen LogP contribution < -0.4 is 16.0 Å². The van der Waals surface area contributed by atoms with Crippen molar-refractivity contribution in [2.24, 2.45) is 5.92 Å². The summed E-state index contributed by atoms with van der Waals surface area (Å²) < 4.78 is 0. The van der Waals surface area contributed by atoms with Crippen molar-refractivity contribution in [3.05, 3.63) is 41.0 Å². The van der Waals surface area contributed by atoms with Crippen molar-refractivity contribution < 1.29 is 9.90 Å². The molecule has 0 bridgehead atoms. The summed E-state index contributed by atoms with van der Waals surface area (Å²) in [5.74, 6) is 0.947. The van der Waals surface area contributed by atoms with Crippen LogP contribution >= 0.6 is 11.3 Å². The smallest absolute Gasteiger partial charge is 0.227 e. The fraction of sp³-hybridized carbons (Fsp3) is 0.516. The van der Waals surface area contributed by atoms with Gasteiger partial charge in [0, 0.05) is 42.0 Å². The molecule has 1 saturated carbocycles. The van der Waals surface area contributed by atoms with Gasteiger partial charge in [-0.3, -0.25) is 4.79 Å².